The van der Waals surface area contributed by atoms with E-state index >= 15 is 0 Å². The van der Waals surface area contributed by atoms with Gasteiger partial charge in [-0.2, -0.15) is 33.0 Å². The van der Waals surface area contributed by atoms with E-state index in [4.69, 9.17) is 80.5 Å². The van der Waals surface area contributed by atoms with Crippen LogP contribution in [0.25, 0.3) is 18.2 Å². The van der Waals surface area contributed by atoms with Gasteiger partial charge in [-0.1, -0.05) is 54.1 Å². The Hall–Kier alpha value is -13.8. The number of sulfone groups is 3. The smallest absolute Gasteiger partial charge is 0.425 e. The van der Waals surface area contributed by atoms with Crippen LogP contribution >= 0.6 is 0 Å². The second-order valence-electron chi connectivity index (χ2n) is 23.8. The molecule has 0 atom stereocenters. The molecule has 0 bridgehead atoms. The Balaban J connectivity index is 0.000000300. The maximum atomic E-state index is 14.6. The first kappa shape index (κ1) is 93.8. The maximum Gasteiger partial charge on any atom is 0.425 e. The molecule has 0 aliphatic rings. The number of carbonyl (C=O) groups is 4. The van der Waals surface area contributed by atoms with Crippen LogP contribution in [0.5, 0.6) is 34.5 Å². The number of aryl methyl sites for hydroxylation is 1. The average molecular weight is 1720 g/mol. The number of aromatic carboxylic acids is 1. The lowest BCUT2D eigenvalue weighted by Gasteiger charge is -2.10. The summed E-state index contributed by atoms with van der Waals surface area (Å²) in [4.78, 5) is 72.1. The van der Waals surface area contributed by atoms with Crippen molar-refractivity contribution in [2.45, 2.75) is 64.5 Å². The molecular weight excluding hydrogens is 1650 g/mol. The number of aliphatic imine (C=N–C) groups is 3. The van der Waals surface area contributed by atoms with Crippen LogP contribution in [0.1, 0.15) is 70.1 Å². The van der Waals surface area contributed by atoms with E-state index in [1.54, 1.807) is 12.1 Å². The number of benzene rings is 9. The maximum absolute atomic E-state index is 14.6. The lowest BCUT2D eigenvalue weighted by Crippen LogP contribution is -2.24. The minimum Gasteiger partial charge on any atom is -0.478 e. The van der Waals surface area contributed by atoms with Crippen LogP contribution in [0.15, 0.2) is 233 Å². The van der Waals surface area contributed by atoms with Gasteiger partial charge in [0.15, 0.2) is 99.5 Å². The summed E-state index contributed by atoms with van der Waals surface area (Å²) in [5.74, 6) is -14.6. The van der Waals surface area contributed by atoms with Crippen LogP contribution in [0.2, 0.25) is 0 Å². The molecule has 0 radical (unpaired) electrons. The van der Waals surface area contributed by atoms with Gasteiger partial charge in [-0.3, -0.25) is 18.9 Å². The average Bonchev–Trinajstić information content (AvgIpc) is 0.820. The fraction of sp³-hybridized carbons (Fsp3) is 0.0933. The molecule has 3 amide bonds. The van der Waals surface area contributed by atoms with Gasteiger partial charge >= 0.3 is 22.7 Å². The zero-order valence-electron chi connectivity index (χ0n) is 60.8. The van der Waals surface area contributed by atoms with Crippen LogP contribution in [-0.4, -0.2) is 104 Å². The molecule has 614 valence electrons. The van der Waals surface area contributed by atoms with E-state index in [9.17, 15) is 79.2 Å². The molecule has 0 aliphatic carbocycles. The molecule has 117 heavy (non-hydrogen) atoms. The van der Waals surface area contributed by atoms with E-state index in [1.807, 2.05) is 19.1 Å². The third kappa shape index (κ3) is 29.9. The van der Waals surface area contributed by atoms with Gasteiger partial charge in [-0.05, 0) is 213 Å². The Morgan fingerprint density at radius 2 is 0.675 bits per heavy atom. The number of guanidine groups is 3. The van der Waals surface area contributed by atoms with Crippen LogP contribution in [0, 0.1) is 41.8 Å². The van der Waals surface area contributed by atoms with Crippen molar-refractivity contribution in [2.75, 3.05) is 0 Å². The van der Waals surface area contributed by atoms with E-state index in [-0.39, 0.29) is 93.9 Å². The largest absolute Gasteiger partial charge is 0.478 e. The Labute approximate surface area is 664 Å². The molecule has 0 aliphatic heterocycles. The number of carboxylic acids is 1. The second kappa shape index (κ2) is 41.8. The summed E-state index contributed by atoms with van der Waals surface area (Å²) in [7, 11) is -19.0. The molecule has 42 heteroatoms. The summed E-state index contributed by atoms with van der Waals surface area (Å²) < 4.78 is 237. The summed E-state index contributed by atoms with van der Waals surface area (Å²) in [5.41, 5.74) is 33.1. The number of hydrogen-bond donors (Lipinski definition) is 8. The van der Waals surface area contributed by atoms with Crippen molar-refractivity contribution >= 4 is 116 Å². The van der Waals surface area contributed by atoms with Gasteiger partial charge < -0.3 is 53.7 Å². The molecule has 9 aromatic rings. The quantitative estimate of drug-likeness (QED) is 0.00971. The van der Waals surface area contributed by atoms with Gasteiger partial charge in [0.05, 0.1) is 42.4 Å². The molecule has 0 spiro atoms. The summed E-state index contributed by atoms with van der Waals surface area (Å²) >= 11 is 0. The normalized spacial score (nSPS) is 11.4. The molecule has 9 rings (SSSR count). The highest BCUT2D eigenvalue weighted by atomic mass is 32.2. The number of nitrogens with zero attached hydrogens (tertiary/aromatic N) is 3. The highest BCUT2D eigenvalue weighted by molar-refractivity contribution is 7.91. The third-order valence-corrected chi connectivity index (χ3v) is 20.6. The van der Waals surface area contributed by atoms with Gasteiger partial charge in [0, 0.05) is 16.7 Å². The van der Waals surface area contributed by atoms with Crippen LogP contribution in [0.3, 0.4) is 0 Å². The van der Waals surface area contributed by atoms with Crippen LogP contribution in [0.4, 0.5) is 26.3 Å². The van der Waals surface area contributed by atoms with Crippen molar-refractivity contribution in [2.24, 2.45) is 49.4 Å². The highest BCUT2D eigenvalue weighted by Crippen LogP contribution is 2.35. The number of rotatable bonds is 23. The number of ether oxygens (including phenoxy) is 3. The SMILES string of the molecule is C/C(=C\c1cc(F)c(Oc2ccc(S(=O)(=O)Cc3ccc(C)cc3)cc2)c(F)c1)C(=O)N=C(N)N.C/C(=C\c1cc(F)c(Oc2ccc(S(=O)(=O)Cc3cccc(C(=O)O)c3)cc2)c(F)c1)C(=O)N=C(N)N.C/C(=C\c1cc(F)c(Oc2ccc(S(=O)(=O)Cc3cccc(S(=O)(=O)O)c3)cc2)c(F)c1)C(=O)N=C(N)N.O=C=O.O=S(=O)=O. The molecule has 0 aromatic heterocycles. The second-order valence-corrected chi connectivity index (χ2v) is 31.6. The predicted octanol–water partition coefficient (Wildman–Crippen LogP) is 9.47. The number of carbonyl (C=O) groups excluding carboxylic acids is 5. The molecule has 0 unspecified atom stereocenters. The number of halogens is 6. The first-order chi connectivity index (χ1) is 54.6. The third-order valence-electron chi connectivity index (χ3n) is 14.7. The van der Waals surface area contributed by atoms with E-state index < -0.39 is 160 Å². The predicted molar refractivity (Wildman–Crippen MR) is 410 cm³/mol. The minimum absolute atomic E-state index is 0.00324. The van der Waals surface area contributed by atoms with Crippen LogP contribution < -0.4 is 48.6 Å². The molecule has 14 N–H and O–H groups in total. The number of nitrogens with two attached hydrogens (primary N) is 6. The lowest BCUT2D eigenvalue weighted by molar-refractivity contribution is -0.191. The number of amides is 3. The first-order valence-electron chi connectivity index (χ1n) is 32.3. The zero-order valence-corrected chi connectivity index (χ0v) is 64.9. The summed E-state index contributed by atoms with van der Waals surface area (Å²) in [6, 6.07) is 38.0. The van der Waals surface area contributed by atoms with Gasteiger partial charge in [0.2, 0.25) is 0 Å². The Bertz CT molecular complexity index is 6030. The summed E-state index contributed by atoms with van der Waals surface area (Å²) in [6.07, 6.45) is 3.84. The van der Waals surface area contributed by atoms with Gasteiger partial charge in [-0.25, -0.2) is 56.4 Å². The lowest BCUT2D eigenvalue weighted by atomic mass is 10.1. The molecule has 9 aromatic carbocycles. The van der Waals surface area contributed by atoms with E-state index in [1.165, 1.54) is 136 Å². The fourth-order valence-corrected chi connectivity index (χ4v) is 14.1. The van der Waals surface area contributed by atoms with Gasteiger partial charge in [0.25, 0.3) is 27.8 Å². The molecular formula is C75H65F6N9O22S5. The molecule has 0 fully saturated rings. The van der Waals surface area contributed by atoms with Crippen molar-refractivity contribution in [1.29, 1.82) is 0 Å². The van der Waals surface area contributed by atoms with Crippen LogP contribution in [-0.2, 0) is 91.5 Å². The molecule has 31 nitrogen and oxygen atoms in total. The van der Waals surface area contributed by atoms with Gasteiger partial charge in [0.1, 0.15) is 17.2 Å². The number of carboxylic acid groups (broad SMARTS) is 1. The zero-order chi connectivity index (χ0) is 87.6. The molecule has 0 heterocycles. The topological polar surface area (TPSA) is 552 Å². The number of hydrogen-bond acceptors (Lipinski definition) is 20. The van der Waals surface area contributed by atoms with E-state index in [0.717, 1.165) is 66.2 Å². The minimum atomic E-state index is -4.51. The van der Waals surface area contributed by atoms with Crippen molar-refractivity contribution < 1.29 is 125 Å². The first-order valence-corrected chi connectivity index (χ1v) is 39.7. The summed E-state index contributed by atoms with van der Waals surface area (Å²) in [6.45, 7) is 6.02. The van der Waals surface area contributed by atoms with E-state index in [0.29, 0.717) is 5.56 Å². The Morgan fingerprint density at radius 3 is 0.940 bits per heavy atom. The van der Waals surface area contributed by atoms with E-state index in [2.05, 4.69) is 15.0 Å². The standard InChI is InChI=1S/C25H21F2N3O6S.C25H23F2N3O4S.C24H21F2N3O7S2.CO2.O3S/c1-14(23(31)30-25(28)29)9-16-11-20(26)22(21(27)12-16)36-18-5-7-19(8-6-18)37(34,35)13-15-3-2-4-17(10-15)24(32)33;1-15-3-5-17(6-4-15)14-35(32,33)20-9-7-19(8-10-20)34-23-21(26)12-18(13-22(23)27)11-16(2)24(31)30-25(28)29;1-14(23(30)29-24(27)28)9-16-11-20(25)22(21(26)12-16)36-17-5-7-18(8-6-17)37(31,32)13-15-3-2-4-19(10-15)38(33,34)35;2-1-3;1-4(2)3/h2-12H,13H2,1H3,(H,32,33)(H4,28,29,30,31);3-13H,14H2,1-2H3,(H4,28,29,30,31);2-12H,13H2,1H3,(H,33,34,35)(H4,27,28,29,30);;/b14-9+;16-11+;14-9+;;. The molecule has 0 saturated heterocycles. The van der Waals surface area contributed by atoms with Crippen molar-refractivity contribution in [3.63, 3.8) is 0 Å². The Kier molecular flexibility index (Phi) is 33.6. The summed E-state index contributed by atoms with van der Waals surface area (Å²) in [5, 5.41) is 9.07. The van der Waals surface area contributed by atoms with Crippen molar-refractivity contribution in [3.8, 4) is 34.5 Å². The Morgan fingerprint density at radius 1 is 0.410 bits per heavy atom. The van der Waals surface area contributed by atoms with Crippen molar-refractivity contribution in [1.82, 2.24) is 0 Å². The highest BCUT2D eigenvalue weighted by Gasteiger charge is 2.24. The van der Waals surface area contributed by atoms with Crippen molar-refractivity contribution in [3.05, 3.63) is 278 Å². The monoisotopic (exact) mass is 1720 g/mol. The fourth-order valence-electron chi connectivity index (χ4n) is 9.51. The van der Waals surface area contributed by atoms with Gasteiger partial charge in [-0.15, -0.1) is 12.6 Å². The molecule has 0 saturated carbocycles.